The fourth-order valence-electron chi connectivity index (χ4n) is 2.68. The Balaban J connectivity index is 1.73. The highest BCUT2D eigenvalue weighted by Gasteiger charge is 2.23. The Morgan fingerprint density at radius 1 is 0.655 bits per heavy atom. The van der Waals surface area contributed by atoms with Crippen LogP contribution in [-0.2, 0) is 9.31 Å². The van der Waals surface area contributed by atoms with Crippen molar-refractivity contribution < 1.29 is 18.7 Å². The first kappa shape index (κ1) is 20.9. The topological polar surface area (TPSA) is 89.0 Å². The Morgan fingerprint density at radius 2 is 1.28 bits per heavy atom. The molecule has 0 unspecified atom stereocenters. The van der Waals surface area contributed by atoms with Gasteiger partial charge in [-0.05, 0) is 35.9 Å². The number of benzene rings is 3. The van der Waals surface area contributed by atoms with E-state index in [1.807, 2.05) is 78.9 Å². The monoisotopic (exact) mass is 392 g/mol. The first-order valence-corrected chi connectivity index (χ1v) is 9.52. The maximum absolute atomic E-state index is 6.05. The highest BCUT2D eigenvalue weighted by molar-refractivity contribution is 6.37. The molecule has 3 rings (SSSR count). The predicted molar refractivity (Wildman–Crippen MR) is 115 cm³/mol. The second-order valence-electron chi connectivity index (χ2n) is 6.16. The van der Waals surface area contributed by atoms with E-state index in [-0.39, 0.29) is 0 Å². The summed E-state index contributed by atoms with van der Waals surface area (Å²) in [5.74, 6) is 2.19. The van der Waals surface area contributed by atoms with Gasteiger partial charge in [-0.25, -0.2) is 0 Å². The lowest BCUT2D eigenvalue weighted by Gasteiger charge is -2.15. The summed E-state index contributed by atoms with van der Waals surface area (Å²) in [5.41, 5.74) is 12.9. The Bertz CT molecular complexity index is 854. The fraction of sp³-hybridized carbons (Fsp3) is 0.182. The molecule has 0 atom stereocenters. The number of hydrogen-bond acceptors (Lipinski definition) is 6. The fourth-order valence-corrected chi connectivity index (χ4v) is 2.68. The molecule has 0 aliphatic rings. The molecule has 0 heterocycles. The molecule has 0 aromatic heterocycles. The van der Waals surface area contributed by atoms with Crippen LogP contribution >= 0.6 is 0 Å². The summed E-state index contributed by atoms with van der Waals surface area (Å²) in [6, 6.07) is 25.2. The lowest BCUT2D eigenvalue weighted by atomic mass is 10.0. The molecule has 0 saturated carbocycles. The minimum Gasteiger partial charge on any atom is -0.512 e. The average Bonchev–Trinajstić information content (AvgIpc) is 2.77. The quantitative estimate of drug-likeness (QED) is 0.486. The van der Waals surface area contributed by atoms with Crippen LogP contribution in [0.3, 0.4) is 0 Å². The molecule has 0 bridgehead atoms. The molecule has 0 spiro atoms. The van der Waals surface area contributed by atoms with Crippen LogP contribution < -0.4 is 20.9 Å². The summed E-state index contributed by atoms with van der Waals surface area (Å²) in [7, 11) is -0.846. The van der Waals surface area contributed by atoms with Gasteiger partial charge in [0.1, 0.15) is 17.2 Å². The van der Waals surface area contributed by atoms with Crippen LogP contribution in [0.5, 0.6) is 17.2 Å². The molecular formula is C22H25BN2O4. The van der Waals surface area contributed by atoms with E-state index in [2.05, 4.69) is 0 Å². The average molecular weight is 392 g/mol. The van der Waals surface area contributed by atoms with Crippen molar-refractivity contribution in [2.75, 3.05) is 26.3 Å². The summed E-state index contributed by atoms with van der Waals surface area (Å²) in [5, 5.41) is 0. The first-order valence-electron chi connectivity index (χ1n) is 9.52. The molecule has 6 nitrogen and oxygen atoms in total. The molecule has 7 heteroatoms. The minimum atomic E-state index is -0.846. The summed E-state index contributed by atoms with van der Waals surface area (Å²) >= 11 is 0. The van der Waals surface area contributed by atoms with Crippen molar-refractivity contribution in [1.82, 2.24) is 0 Å². The Morgan fingerprint density at radius 3 is 1.93 bits per heavy atom. The molecule has 3 aromatic rings. The van der Waals surface area contributed by atoms with Gasteiger partial charge in [0.25, 0.3) is 0 Å². The van der Waals surface area contributed by atoms with Crippen LogP contribution in [0, 0.1) is 0 Å². The van der Waals surface area contributed by atoms with E-state index in [0.29, 0.717) is 32.1 Å². The molecule has 0 saturated heterocycles. The number of nitrogens with two attached hydrogens (primary N) is 2. The number of rotatable bonds is 11. The van der Waals surface area contributed by atoms with Gasteiger partial charge < -0.3 is 30.2 Å². The van der Waals surface area contributed by atoms with Crippen molar-refractivity contribution in [2.24, 2.45) is 11.5 Å². The molecule has 0 amide bonds. The van der Waals surface area contributed by atoms with Crippen LogP contribution in [0.15, 0.2) is 78.9 Å². The third-order valence-electron chi connectivity index (χ3n) is 4.00. The third-order valence-corrected chi connectivity index (χ3v) is 4.00. The SMILES string of the molecule is NCCOB(OCCN)Oc1ccc(-c2ccccc2Oc2ccccc2)cc1. The summed E-state index contributed by atoms with van der Waals surface area (Å²) in [6.07, 6.45) is 0. The molecule has 4 N–H and O–H groups in total. The normalized spacial score (nSPS) is 10.6. The van der Waals surface area contributed by atoms with Gasteiger partial charge >= 0.3 is 7.32 Å². The van der Waals surface area contributed by atoms with E-state index >= 15 is 0 Å². The van der Waals surface area contributed by atoms with Crippen molar-refractivity contribution in [3.8, 4) is 28.4 Å². The second-order valence-corrected chi connectivity index (χ2v) is 6.16. The molecule has 3 aromatic carbocycles. The van der Waals surface area contributed by atoms with Gasteiger partial charge in [-0.15, -0.1) is 0 Å². The zero-order valence-corrected chi connectivity index (χ0v) is 16.2. The second kappa shape index (κ2) is 11.2. The third kappa shape index (κ3) is 6.34. The summed E-state index contributed by atoms with van der Waals surface area (Å²) < 4.78 is 22.7. The highest BCUT2D eigenvalue weighted by atomic mass is 16.7. The molecule has 0 radical (unpaired) electrons. The van der Waals surface area contributed by atoms with Gasteiger partial charge in [-0.3, -0.25) is 0 Å². The van der Waals surface area contributed by atoms with E-state index in [0.717, 1.165) is 22.6 Å². The minimum absolute atomic E-state index is 0.331. The molecule has 0 fully saturated rings. The highest BCUT2D eigenvalue weighted by Crippen LogP contribution is 2.34. The summed E-state index contributed by atoms with van der Waals surface area (Å²) in [4.78, 5) is 0. The first-order chi connectivity index (χ1) is 14.3. The zero-order valence-electron chi connectivity index (χ0n) is 16.2. The number of hydrogen-bond donors (Lipinski definition) is 2. The lowest BCUT2D eigenvalue weighted by molar-refractivity contribution is 0.147. The van der Waals surface area contributed by atoms with Crippen LogP contribution in [-0.4, -0.2) is 33.6 Å². The van der Waals surface area contributed by atoms with Gasteiger partial charge in [-0.1, -0.05) is 48.5 Å². The summed E-state index contributed by atoms with van der Waals surface area (Å²) in [6.45, 7) is 1.42. The molecule has 150 valence electrons. The Labute approximate surface area is 171 Å². The van der Waals surface area contributed by atoms with E-state index in [1.54, 1.807) is 0 Å². The Hall–Kier alpha value is -2.84. The molecule has 0 aliphatic carbocycles. The number of para-hydroxylation sites is 2. The van der Waals surface area contributed by atoms with Gasteiger partial charge in [0.2, 0.25) is 0 Å². The van der Waals surface area contributed by atoms with Crippen molar-refractivity contribution in [3.05, 3.63) is 78.9 Å². The van der Waals surface area contributed by atoms with E-state index < -0.39 is 7.32 Å². The lowest BCUT2D eigenvalue weighted by Crippen LogP contribution is -2.34. The smallest absolute Gasteiger partial charge is 0.512 e. The number of ether oxygens (including phenoxy) is 1. The van der Waals surface area contributed by atoms with Crippen molar-refractivity contribution in [3.63, 3.8) is 0 Å². The zero-order chi connectivity index (χ0) is 20.3. The van der Waals surface area contributed by atoms with Gasteiger partial charge in [0, 0.05) is 31.9 Å². The van der Waals surface area contributed by atoms with Crippen molar-refractivity contribution in [1.29, 1.82) is 0 Å². The van der Waals surface area contributed by atoms with Crippen LogP contribution in [0.25, 0.3) is 11.1 Å². The molecule has 0 aliphatic heterocycles. The molecule has 29 heavy (non-hydrogen) atoms. The van der Waals surface area contributed by atoms with Crippen LogP contribution in [0.2, 0.25) is 0 Å². The van der Waals surface area contributed by atoms with E-state index in [4.69, 9.17) is 30.2 Å². The maximum atomic E-state index is 6.05. The van der Waals surface area contributed by atoms with Gasteiger partial charge in [0.05, 0.1) is 0 Å². The van der Waals surface area contributed by atoms with E-state index in [9.17, 15) is 0 Å². The predicted octanol–water partition coefficient (Wildman–Crippen LogP) is 3.46. The van der Waals surface area contributed by atoms with Crippen molar-refractivity contribution >= 4 is 7.32 Å². The van der Waals surface area contributed by atoms with Crippen LogP contribution in [0.1, 0.15) is 0 Å². The standard InChI is InChI=1S/C22H25BN2O4/c24-14-16-26-23(27-17-15-25)29-20-12-10-18(11-13-20)21-8-4-5-9-22(21)28-19-6-2-1-3-7-19/h1-13H,14-17,24-25H2. The van der Waals surface area contributed by atoms with E-state index in [1.165, 1.54) is 0 Å². The van der Waals surface area contributed by atoms with Crippen molar-refractivity contribution in [2.45, 2.75) is 0 Å². The van der Waals surface area contributed by atoms with Gasteiger partial charge in [-0.2, -0.15) is 0 Å². The molecular weight excluding hydrogens is 367 g/mol. The Kier molecular flexibility index (Phi) is 8.09. The van der Waals surface area contributed by atoms with Crippen LogP contribution in [0.4, 0.5) is 0 Å². The maximum Gasteiger partial charge on any atom is 0.713 e. The largest absolute Gasteiger partial charge is 0.713 e. The van der Waals surface area contributed by atoms with Gasteiger partial charge in [0.15, 0.2) is 0 Å².